The van der Waals surface area contributed by atoms with Crippen LogP contribution in [0.5, 0.6) is 5.75 Å². The van der Waals surface area contributed by atoms with Gasteiger partial charge in [0.25, 0.3) is 5.91 Å². The van der Waals surface area contributed by atoms with Gasteiger partial charge in [0.1, 0.15) is 0 Å². The standard InChI is InChI=1S/C14H9BrCl2FNO2/c15-8-4-5-12(11(18)6-8)21-7-13(20)19-14-9(16)2-1-3-10(14)17/h1-6H,7H2,(H,19,20). The van der Waals surface area contributed by atoms with Crippen molar-refractivity contribution in [2.75, 3.05) is 11.9 Å². The van der Waals surface area contributed by atoms with Crippen molar-refractivity contribution in [1.82, 2.24) is 0 Å². The fourth-order valence-corrected chi connectivity index (χ4v) is 2.35. The molecule has 0 aliphatic rings. The summed E-state index contributed by atoms with van der Waals surface area (Å²) in [7, 11) is 0. The second kappa shape index (κ2) is 7.11. The van der Waals surface area contributed by atoms with Crippen LogP contribution in [0.1, 0.15) is 0 Å². The highest BCUT2D eigenvalue weighted by molar-refractivity contribution is 9.10. The monoisotopic (exact) mass is 391 g/mol. The molecule has 0 saturated heterocycles. The molecule has 21 heavy (non-hydrogen) atoms. The average Bonchev–Trinajstić information content (AvgIpc) is 2.42. The summed E-state index contributed by atoms with van der Waals surface area (Å²) in [5.74, 6) is -1.07. The van der Waals surface area contributed by atoms with Crippen LogP contribution in [0.2, 0.25) is 10.0 Å². The van der Waals surface area contributed by atoms with Gasteiger partial charge in [-0.25, -0.2) is 4.39 Å². The van der Waals surface area contributed by atoms with Gasteiger partial charge in [0.2, 0.25) is 0 Å². The summed E-state index contributed by atoms with van der Waals surface area (Å²) in [4.78, 5) is 11.8. The number of halogens is 4. The Morgan fingerprint density at radius 1 is 1.24 bits per heavy atom. The van der Waals surface area contributed by atoms with Gasteiger partial charge < -0.3 is 10.1 Å². The first-order valence-corrected chi connectivity index (χ1v) is 7.34. The highest BCUT2D eigenvalue weighted by atomic mass is 79.9. The first-order chi connectivity index (χ1) is 9.97. The van der Waals surface area contributed by atoms with E-state index in [1.807, 2.05) is 0 Å². The Kier molecular flexibility index (Phi) is 5.45. The number of carbonyl (C=O) groups excluding carboxylic acids is 1. The van der Waals surface area contributed by atoms with E-state index in [0.717, 1.165) is 0 Å². The molecule has 2 aromatic carbocycles. The lowest BCUT2D eigenvalue weighted by molar-refractivity contribution is -0.118. The van der Waals surface area contributed by atoms with Crippen molar-refractivity contribution >= 4 is 50.7 Å². The zero-order valence-electron chi connectivity index (χ0n) is 10.5. The summed E-state index contributed by atoms with van der Waals surface area (Å²) in [6.07, 6.45) is 0. The van der Waals surface area contributed by atoms with Crippen LogP contribution in [0.15, 0.2) is 40.9 Å². The molecule has 0 bridgehead atoms. The number of carbonyl (C=O) groups is 1. The van der Waals surface area contributed by atoms with Crippen molar-refractivity contribution in [1.29, 1.82) is 0 Å². The highest BCUT2D eigenvalue weighted by Gasteiger charge is 2.11. The van der Waals surface area contributed by atoms with Crippen molar-refractivity contribution in [2.45, 2.75) is 0 Å². The third kappa shape index (κ3) is 4.33. The van der Waals surface area contributed by atoms with E-state index in [1.54, 1.807) is 24.3 Å². The lowest BCUT2D eigenvalue weighted by Crippen LogP contribution is -2.20. The Morgan fingerprint density at radius 3 is 2.52 bits per heavy atom. The van der Waals surface area contributed by atoms with Gasteiger partial charge in [-0.2, -0.15) is 0 Å². The Morgan fingerprint density at radius 2 is 1.90 bits per heavy atom. The molecule has 0 saturated carbocycles. The highest BCUT2D eigenvalue weighted by Crippen LogP contribution is 2.29. The van der Waals surface area contributed by atoms with Crippen LogP contribution in [0, 0.1) is 5.82 Å². The summed E-state index contributed by atoms with van der Waals surface area (Å²) in [6.45, 7) is -0.361. The molecule has 2 aromatic rings. The number of ether oxygens (including phenoxy) is 1. The number of anilines is 1. The molecule has 0 radical (unpaired) electrons. The predicted molar refractivity (Wildman–Crippen MR) is 84.7 cm³/mol. The Hall–Kier alpha value is -1.30. The molecule has 3 nitrogen and oxygen atoms in total. The summed E-state index contributed by atoms with van der Waals surface area (Å²) < 4.78 is 19.2. The molecule has 0 heterocycles. The molecule has 0 unspecified atom stereocenters. The minimum Gasteiger partial charge on any atom is -0.481 e. The van der Waals surface area contributed by atoms with Gasteiger partial charge in [-0.05, 0) is 30.3 Å². The topological polar surface area (TPSA) is 38.3 Å². The molecule has 0 spiro atoms. The molecule has 1 amide bonds. The van der Waals surface area contributed by atoms with Gasteiger partial charge in [0.05, 0.1) is 15.7 Å². The number of hydrogen-bond acceptors (Lipinski definition) is 2. The SMILES string of the molecule is O=C(COc1ccc(Br)cc1F)Nc1c(Cl)cccc1Cl. The van der Waals surface area contributed by atoms with E-state index in [1.165, 1.54) is 12.1 Å². The minimum absolute atomic E-state index is 0.0152. The van der Waals surface area contributed by atoms with Crippen LogP contribution < -0.4 is 10.1 Å². The number of para-hydroxylation sites is 1. The lowest BCUT2D eigenvalue weighted by atomic mass is 10.3. The number of benzene rings is 2. The van der Waals surface area contributed by atoms with Crippen LogP contribution in [-0.4, -0.2) is 12.5 Å². The van der Waals surface area contributed by atoms with E-state index in [9.17, 15) is 9.18 Å². The molecule has 1 N–H and O–H groups in total. The molecule has 0 fully saturated rings. The smallest absolute Gasteiger partial charge is 0.262 e. The van der Waals surface area contributed by atoms with Gasteiger partial charge >= 0.3 is 0 Å². The molecular weight excluding hydrogens is 384 g/mol. The molecule has 0 aliphatic heterocycles. The van der Waals surface area contributed by atoms with Crippen LogP contribution >= 0.6 is 39.1 Å². The predicted octanol–water partition coefficient (Wildman–Crippen LogP) is 4.91. The van der Waals surface area contributed by atoms with E-state index >= 15 is 0 Å². The zero-order valence-corrected chi connectivity index (χ0v) is 13.6. The molecule has 7 heteroatoms. The van der Waals surface area contributed by atoms with Crippen LogP contribution in [-0.2, 0) is 4.79 Å². The maximum atomic E-state index is 13.5. The summed E-state index contributed by atoms with van der Waals surface area (Å²) in [5, 5.41) is 3.14. The van der Waals surface area contributed by atoms with E-state index < -0.39 is 11.7 Å². The van der Waals surface area contributed by atoms with Gasteiger partial charge in [0, 0.05) is 4.47 Å². The molecule has 0 atom stereocenters. The quantitative estimate of drug-likeness (QED) is 0.802. The Bertz CT molecular complexity index is 662. The Labute approximate surface area is 139 Å². The van der Waals surface area contributed by atoms with E-state index in [0.29, 0.717) is 20.2 Å². The number of hydrogen-bond donors (Lipinski definition) is 1. The second-order valence-electron chi connectivity index (χ2n) is 4.01. The third-order valence-electron chi connectivity index (χ3n) is 2.48. The molecule has 110 valence electrons. The average molecular weight is 393 g/mol. The summed E-state index contributed by atoms with van der Waals surface area (Å²) >= 11 is 15.0. The van der Waals surface area contributed by atoms with Crippen molar-refractivity contribution in [2.24, 2.45) is 0 Å². The molecule has 0 aromatic heterocycles. The lowest BCUT2D eigenvalue weighted by Gasteiger charge is -2.10. The molecule has 0 aliphatic carbocycles. The van der Waals surface area contributed by atoms with Crippen molar-refractivity contribution < 1.29 is 13.9 Å². The maximum Gasteiger partial charge on any atom is 0.262 e. The zero-order chi connectivity index (χ0) is 15.4. The van der Waals surface area contributed by atoms with E-state index in [2.05, 4.69) is 21.2 Å². The summed E-state index contributed by atoms with van der Waals surface area (Å²) in [6, 6.07) is 9.14. The van der Waals surface area contributed by atoms with Crippen molar-refractivity contribution in [3.8, 4) is 5.75 Å². The van der Waals surface area contributed by atoms with Crippen molar-refractivity contribution in [3.63, 3.8) is 0 Å². The van der Waals surface area contributed by atoms with Crippen LogP contribution in [0.25, 0.3) is 0 Å². The van der Waals surface area contributed by atoms with Gasteiger partial charge in [-0.1, -0.05) is 45.2 Å². The fraction of sp³-hybridized carbons (Fsp3) is 0.0714. The Balaban J connectivity index is 1.99. The third-order valence-corrected chi connectivity index (χ3v) is 3.60. The fourth-order valence-electron chi connectivity index (χ4n) is 1.53. The van der Waals surface area contributed by atoms with E-state index in [-0.39, 0.29) is 12.4 Å². The number of nitrogens with one attached hydrogen (secondary N) is 1. The summed E-state index contributed by atoms with van der Waals surface area (Å²) in [5.41, 5.74) is 0.297. The van der Waals surface area contributed by atoms with Gasteiger partial charge in [-0.3, -0.25) is 4.79 Å². The molecular formula is C14H9BrCl2FNO2. The van der Waals surface area contributed by atoms with Crippen molar-refractivity contribution in [3.05, 3.63) is 56.7 Å². The second-order valence-corrected chi connectivity index (χ2v) is 5.74. The largest absolute Gasteiger partial charge is 0.481 e. The van der Waals surface area contributed by atoms with Gasteiger partial charge in [0.15, 0.2) is 18.2 Å². The first kappa shape index (κ1) is 16.1. The van der Waals surface area contributed by atoms with Gasteiger partial charge in [-0.15, -0.1) is 0 Å². The maximum absolute atomic E-state index is 13.5. The number of amides is 1. The van der Waals surface area contributed by atoms with E-state index in [4.69, 9.17) is 27.9 Å². The first-order valence-electron chi connectivity index (χ1n) is 5.79. The van der Waals surface area contributed by atoms with Crippen LogP contribution in [0.4, 0.5) is 10.1 Å². The molecule has 2 rings (SSSR count). The normalized spacial score (nSPS) is 10.3. The number of rotatable bonds is 4. The minimum atomic E-state index is -0.562. The van der Waals surface area contributed by atoms with Crippen LogP contribution in [0.3, 0.4) is 0 Å².